The largest absolute Gasteiger partial charge is 0.340 e. The number of amides is 1. The molecule has 1 N–H and O–H groups in total. The minimum absolute atomic E-state index is 0.162. The van der Waals surface area contributed by atoms with Crippen LogP contribution in [0, 0.1) is 12.3 Å². The van der Waals surface area contributed by atoms with Crippen molar-refractivity contribution >= 4 is 5.91 Å². The molecule has 0 spiro atoms. The first-order valence-electron chi connectivity index (χ1n) is 6.38. The van der Waals surface area contributed by atoms with Gasteiger partial charge < -0.3 is 4.90 Å². The fraction of sp³-hybridized carbons (Fsp3) is 0.769. The minimum atomic E-state index is 0.162. The quantitative estimate of drug-likeness (QED) is 0.528. The molecule has 0 aliphatic carbocycles. The Kier molecular flexibility index (Phi) is 6.03. The molecule has 1 aliphatic rings. The van der Waals surface area contributed by atoms with Gasteiger partial charge in [0.2, 0.25) is 5.91 Å². The van der Waals surface area contributed by atoms with Gasteiger partial charge in [0.25, 0.3) is 0 Å². The van der Waals surface area contributed by atoms with Crippen LogP contribution in [0.1, 0.15) is 20.3 Å². The number of rotatable bonds is 6. The Balaban J connectivity index is 2.34. The van der Waals surface area contributed by atoms with Gasteiger partial charge in [-0.15, -0.1) is 6.42 Å². The maximum Gasteiger partial charge on any atom is 0.236 e. The lowest BCUT2D eigenvalue weighted by Gasteiger charge is -2.26. The standard InChI is InChI=1S/C13H23N3O/c1-4-8-14-10-13(17)16-9-7-12(11-16)15(5-2)6-3/h1,12,14H,5-11H2,2-3H3. The molecule has 0 aromatic rings. The Morgan fingerprint density at radius 1 is 1.53 bits per heavy atom. The fourth-order valence-corrected chi connectivity index (χ4v) is 2.36. The third-order valence-corrected chi connectivity index (χ3v) is 3.35. The Morgan fingerprint density at radius 2 is 2.24 bits per heavy atom. The van der Waals surface area contributed by atoms with Crippen LogP contribution in [0.4, 0.5) is 0 Å². The highest BCUT2D eigenvalue weighted by atomic mass is 16.2. The molecule has 0 aromatic heterocycles. The molecule has 1 rings (SSSR count). The SMILES string of the molecule is C#CCNCC(=O)N1CCC(N(CC)CC)C1. The second-order valence-electron chi connectivity index (χ2n) is 4.31. The minimum Gasteiger partial charge on any atom is -0.340 e. The van der Waals surface area contributed by atoms with E-state index in [2.05, 4.69) is 30.0 Å². The zero-order chi connectivity index (χ0) is 12.7. The number of carbonyl (C=O) groups is 1. The lowest BCUT2D eigenvalue weighted by atomic mass is 10.2. The second-order valence-corrected chi connectivity index (χ2v) is 4.31. The summed E-state index contributed by atoms with van der Waals surface area (Å²) in [5.74, 6) is 2.63. The summed E-state index contributed by atoms with van der Waals surface area (Å²) in [5.41, 5.74) is 0. The van der Waals surface area contributed by atoms with E-state index >= 15 is 0 Å². The van der Waals surface area contributed by atoms with Crippen molar-refractivity contribution in [2.45, 2.75) is 26.3 Å². The first-order chi connectivity index (χ1) is 8.22. The van der Waals surface area contributed by atoms with Crippen molar-refractivity contribution in [3.8, 4) is 12.3 Å². The lowest BCUT2D eigenvalue weighted by Crippen LogP contribution is -2.41. The first kappa shape index (κ1) is 14.0. The molecule has 1 aliphatic heterocycles. The van der Waals surface area contributed by atoms with Crippen LogP contribution in [0.2, 0.25) is 0 Å². The third kappa shape index (κ3) is 4.03. The first-order valence-corrected chi connectivity index (χ1v) is 6.38. The monoisotopic (exact) mass is 237 g/mol. The molecule has 1 amide bonds. The Morgan fingerprint density at radius 3 is 2.82 bits per heavy atom. The highest BCUT2D eigenvalue weighted by Gasteiger charge is 2.28. The van der Waals surface area contributed by atoms with Gasteiger partial charge in [0.05, 0.1) is 13.1 Å². The summed E-state index contributed by atoms with van der Waals surface area (Å²) in [5, 5.41) is 2.94. The summed E-state index contributed by atoms with van der Waals surface area (Å²) in [7, 11) is 0. The summed E-state index contributed by atoms with van der Waals surface area (Å²) in [6.45, 7) is 8.99. The van der Waals surface area contributed by atoms with E-state index in [1.807, 2.05) is 4.90 Å². The van der Waals surface area contributed by atoms with Crippen LogP contribution in [0.3, 0.4) is 0 Å². The third-order valence-electron chi connectivity index (χ3n) is 3.35. The lowest BCUT2D eigenvalue weighted by molar-refractivity contribution is -0.129. The number of carbonyl (C=O) groups excluding carboxylic acids is 1. The van der Waals surface area contributed by atoms with Crippen molar-refractivity contribution in [2.24, 2.45) is 0 Å². The zero-order valence-electron chi connectivity index (χ0n) is 10.9. The van der Waals surface area contributed by atoms with E-state index in [9.17, 15) is 4.79 Å². The van der Waals surface area contributed by atoms with Gasteiger partial charge in [-0.25, -0.2) is 0 Å². The Labute approximate surface area is 104 Å². The summed E-state index contributed by atoms with van der Waals surface area (Å²) in [6.07, 6.45) is 6.21. The average molecular weight is 237 g/mol. The van der Waals surface area contributed by atoms with E-state index in [1.54, 1.807) is 0 Å². The number of hydrogen-bond acceptors (Lipinski definition) is 3. The fourth-order valence-electron chi connectivity index (χ4n) is 2.36. The van der Waals surface area contributed by atoms with Crippen molar-refractivity contribution < 1.29 is 4.79 Å². The number of likely N-dealkylation sites (N-methyl/N-ethyl adjacent to an activating group) is 1. The van der Waals surface area contributed by atoms with Crippen LogP contribution in [0.5, 0.6) is 0 Å². The van der Waals surface area contributed by atoms with Gasteiger partial charge in [-0.1, -0.05) is 19.8 Å². The van der Waals surface area contributed by atoms with E-state index in [4.69, 9.17) is 6.42 Å². The molecule has 1 atom stereocenters. The van der Waals surface area contributed by atoms with Crippen LogP contribution >= 0.6 is 0 Å². The van der Waals surface area contributed by atoms with E-state index in [1.165, 1.54) is 0 Å². The molecular formula is C13H23N3O. The van der Waals surface area contributed by atoms with Gasteiger partial charge in [0.1, 0.15) is 0 Å². The van der Waals surface area contributed by atoms with Crippen molar-refractivity contribution in [3.05, 3.63) is 0 Å². The Bertz CT molecular complexity index is 281. The zero-order valence-corrected chi connectivity index (χ0v) is 10.9. The van der Waals surface area contributed by atoms with Gasteiger partial charge in [-0.2, -0.15) is 0 Å². The molecule has 0 bridgehead atoms. The second kappa shape index (κ2) is 7.31. The summed E-state index contributed by atoms with van der Waals surface area (Å²) < 4.78 is 0. The molecule has 17 heavy (non-hydrogen) atoms. The topological polar surface area (TPSA) is 35.6 Å². The maximum absolute atomic E-state index is 11.8. The van der Waals surface area contributed by atoms with Crippen LogP contribution in [0.25, 0.3) is 0 Å². The number of nitrogens with zero attached hydrogens (tertiary/aromatic N) is 2. The van der Waals surface area contributed by atoms with Crippen LogP contribution < -0.4 is 5.32 Å². The normalized spacial score (nSPS) is 19.6. The molecule has 1 fully saturated rings. The molecule has 96 valence electrons. The Hall–Kier alpha value is -1.05. The molecule has 0 aromatic carbocycles. The highest BCUT2D eigenvalue weighted by molar-refractivity contribution is 5.78. The van der Waals surface area contributed by atoms with Gasteiger partial charge >= 0.3 is 0 Å². The average Bonchev–Trinajstić information content (AvgIpc) is 2.80. The molecule has 0 saturated carbocycles. The van der Waals surface area contributed by atoms with Crippen LogP contribution in [-0.2, 0) is 4.79 Å². The maximum atomic E-state index is 11.8. The molecule has 4 heteroatoms. The van der Waals surface area contributed by atoms with Gasteiger partial charge in [-0.05, 0) is 19.5 Å². The predicted molar refractivity (Wildman–Crippen MR) is 69.6 cm³/mol. The highest BCUT2D eigenvalue weighted by Crippen LogP contribution is 2.15. The van der Waals surface area contributed by atoms with Gasteiger partial charge in [0.15, 0.2) is 0 Å². The van der Waals surface area contributed by atoms with Gasteiger partial charge in [0, 0.05) is 19.1 Å². The summed E-state index contributed by atoms with van der Waals surface area (Å²) >= 11 is 0. The number of nitrogens with one attached hydrogen (secondary N) is 1. The van der Waals surface area contributed by atoms with E-state index < -0.39 is 0 Å². The molecule has 0 radical (unpaired) electrons. The van der Waals surface area contributed by atoms with Gasteiger partial charge in [-0.3, -0.25) is 15.0 Å². The van der Waals surface area contributed by atoms with Crippen LogP contribution in [-0.4, -0.2) is 61.0 Å². The van der Waals surface area contributed by atoms with Crippen LogP contribution in [0.15, 0.2) is 0 Å². The predicted octanol–water partition coefficient (Wildman–Crippen LogP) is 0.152. The number of hydrogen-bond donors (Lipinski definition) is 1. The van der Waals surface area contributed by atoms with E-state index in [0.717, 1.165) is 32.6 Å². The van der Waals surface area contributed by atoms with Crippen molar-refractivity contribution in [3.63, 3.8) is 0 Å². The molecule has 1 saturated heterocycles. The van der Waals surface area contributed by atoms with Crippen molar-refractivity contribution in [1.29, 1.82) is 0 Å². The molecule has 1 heterocycles. The summed E-state index contributed by atoms with van der Waals surface area (Å²) in [4.78, 5) is 16.2. The van der Waals surface area contributed by atoms with E-state index in [0.29, 0.717) is 19.1 Å². The smallest absolute Gasteiger partial charge is 0.236 e. The number of likely N-dealkylation sites (tertiary alicyclic amines) is 1. The van der Waals surface area contributed by atoms with Crippen molar-refractivity contribution in [1.82, 2.24) is 15.1 Å². The summed E-state index contributed by atoms with van der Waals surface area (Å²) in [6, 6.07) is 0.529. The van der Waals surface area contributed by atoms with E-state index in [-0.39, 0.29) is 5.91 Å². The molecule has 4 nitrogen and oxygen atoms in total. The number of terminal acetylenes is 1. The molecule has 1 unspecified atom stereocenters. The molecular weight excluding hydrogens is 214 g/mol. The van der Waals surface area contributed by atoms with Crippen molar-refractivity contribution in [2.75, 3.05) is 39.3 Å².